The van der Waals surface area contributed by atoms with Gasteiger partial charge in [-0.15, -0.1) is 22.7 Å². The first-order chi connectivity index (χ1) is 9.29. The number of allylic oxidation sites excluding steroid dienone is 2. The van der Waals surface area contributed by atoms with Crippen LogP contribution >= 0.6 is 22.7 Å². The van der Waals surface area contributed by atoms with Crippen molar-refractivity contribution < 1.29 is 4.74 Å². The Labute approximate surface area is 118 Å². The van der Waals surface area contributed by atoms with E-state index < -0.39 is 0 Å². The van der Waals surface area contributed by atoms with Crippen molar-refractivity contribution in [3.8, 4) is 6.07 Å². The van der Waals surface area contributed by atoms with Crippen LogP contribution in [0.15, 0.2) is 52.6 Å². The number of nitriles is 1. The van der Waals surface area contributed by atoms with Crippen LogP contribution < -0.4 is 5.73 Å². The Hall–Kier alpha value is -2.03. The van der Waals surface area contributed by atoms with E-state index >= 15 is 0 Å². The average Bonchev–Trinajstić information content (AvgIpc) is 3.11. The standard InChI is InChI=1S/C14H10N2OS2/c15-8-10-9(12-3-1-5-18-12)7-11(17-14(10)16)13-4-2-6-19-13/h1-7,9H,16H2. The molecule has 0 bridgehead atoms. The Morgan fingerprint density at radius 1 is 1.21 bits per heavy atom. The molecular formula is C14H10N2OS2. The molecule has 2 aromatic rings. The average molecular weight is 286 g/mol. The molecule has 3 rings (SSSR count). The SMILES string of the molecule is N#CC1=C(N)OC(c2cccs2)=CC1c1cccs1. The summed E-state index contributed by atoms with van der Waals surface area (Å²) in [5, 5.41) is 13.2. The quantitative estimate of drug-likeness (QED) is 0.916. The largest absolute Gasteiger partial charge is 0.439 e. The number of nitrogens with zero attached hydrogens (tertiary/aromatic N) is 1. The lowest BCUT2D eigenvalue weighted by Gasteiger charge is -2.21. The summed E-state index contributed by atoms with van der Waals surface area (Å²) in [5.74, 6) is 0.813. The third-order valence-corrected chi connectivity index (χ3v) is 4.69. The van der Waals surface area contributed by atoms with Gasteiger partial charge in [-0.3, -0.25) is 0 Å². The molecule has 1 atom stereocenters. The normalized spacial score (nSPS) is 18.7. The molecule has 3 heterocycles. The van der Waals surface area contributed by atoms with Gasteiger partial charge in [-0.2, -0.15) is 5.26 Å². The smallest absolute Gasteiger partial charge is 0.205 e. The summed E-state index contributed by atoms with van der Waals surface area (Å²) < 4.78 is 5.57. The Balaban J connectivity index is 2.07. The molecule has 0 fully saturated rings. The fourth-order valence-corrected chi connectivity index (χ4v) is 3.45. The Kier molecular flexibility index (Phi) is 3.11. The summed E-state index contributed by atoms with van der Waals surface area (Å²) in [6, 6.07) is 10.1. The van der Waals surface area contributed by atoms with E-state index in [1.54, 1.807) is 22.7 Å². The second-order valence-electron chi connectivity index (χ2n) is 3.99. The molecule has 5 heteroatoms. The lowest BCUT2D eigenvalue weighted by molar-refractivity contribution is 0.362. The van der Waals surface area contributed by atoms with Gasteiger partial charge in [0.2, 0.25) is 5.88 Å². The van der Waals surface area contributed by atoms with Crippen molar-refractivity contribution in [2.24, 2.45) is 5.73 Å². The third-order valence-electron chi connectivity index (χ3n) is 2.85. The molecular weight excluding hydrogens is 276 g/mol. The molecule has 0 saturated carbocycles. The predicted molar refractivity (Wildman–Crippen MR) is 77.3 cm³/mol. The molecule has 2 aromatic heterocycles. The van der Waals surface area contributed by atoms with Crippen LogP contribution in [0.5, 0.6) is 0 Å². The number of hydrogen-bond acceptors (Lipinski definition) is 5. The van der Waals surface area contributed by atoms with Gasteiger partial charge in [-0.25, -0.2) is 0 Å². The Bertz CT molecular complexity index is 676. The number of nitrogens with two attached hydrogens (primary N) is 1. The molecule has 0 saturated heterocycles. The molecule has 1 aliphatic rings. The predicted octanol–water partition coefficient (Wildman–Crippen LogP) is 3.66. The third kappa shape index (κ3) is 2.16. The fraction of sp³-hybridized carbons (Fsp3) is 0.0714. The summed E-state index contributed by atoms with van der Waals surface area (Å²) in [5.41, 5.74) is 6.36. The van der Waals surface area contributed by atoms with Gasteiger partial charge >= 0.3 is 0 Å². The van der Waals surface area contributed by atoms with E-state index in [0.717, 1.165) is 15.5 Å². The van der Waals surface area contributed by atoms with Crippen molar-refractivity contribution in [3.05, 3.63) is 62.3 Å². The lowest BCUT2D eigenvalue weighted by atomic mass is 9.95. The highest BCUT2D eigenvalue weighted by Crippen LogP contribution is 2.38. The van der Waals surface area contributed by atoms with Crippen LogP contribution in [-0.2, 0) is 4.74 Å². The van der Waals surface area contributed by atoms with Crippen LogP contribution in [0.25, 0.3) is 5.76 Å². The molecule has 0 aromatic carbocycles. The van der Waals surface area contributed by atoms with Crippen molar-refractivity contribution in [2.45, 2.75) is 5.92 Å². The highest BCUT2D eigenvalue weighted by molar-refractivity contribution is 7.11. The van der Waals surface area contributed by atoms with Gasteiger partial charge in [0.25, 0.3) is 0 Å². The first kappa shape index (κ1) is 12.0. The van der Waals surface area contributed by atoms with Crippen LogP contribution in [0, 0.1) is 11.3 Å². The molecule has 2 N–H and O–H groups in total. The zero-order valence-corrected chi connectivity index (χ0v) is 11.5. The second kappa shape index (κ2) is 4.92. The van der Waals surface area contributed by atoms with Crippen molar-refractivity contribution in [2.75, 3.05) is 0 Å². The summed E-state index contributed by atoms with van der Waals surface area (Å²) in [4.78, 5) is 2.11. The highest BCUT2D eigenvalue weighted by Gasteiger charge is 2.26. The van der Waals surface area contributed by atoms with Gasteiger partial charge in [0.05, 0.1) is 10.8 Å². The maximum Gasteiger partial charge on any atom is 0.205 e. The Morgan fingerprint density at radius 3 is 2.63 bits per heavy atom. The number of hydrogen-bond donors (Lipinski definition) is 1. The second-order valence-corrected chi connectivity index (χ2v) is 5.92. The van der Waals surface area contributed by atoms with Gasteiger partial charge in [0.15, 0.2) is 0 Å². The summed E-state index contributed by atoms with van der Waals surface area (Å²) in [6.45, 7) is 0. The van der Waals surface area contributed by atoms with E-state index in [1.165, 1.54) is 0 Å². The summed E-state index contributed by atoms with van der Waals surface area (Å²) in [7, 11) is 0. The minimum absolute atomic E-state index is 0.115. The number of ether oxygens (including phenoxy) is 1. The molecule has 0 aliphatic carbocycles. The molecule has 0 spiro atoms. The van der Waals surface area contributed by atoms with Crippen LogP contribution in [0.4, 0.5) is 0 Å². The van der Waals surface area contributed by atoms with Crippen molar-refractivity contribution in [1.29, 1.82) is 5.26 Å². The van der Waals surface area contributed by atoms with Crippen LogP contribution in [0.2, 0.25) is 0 Å². The van der Waals surface area contributed by atoms with Gasteiger partial charge in [0, 0.05) is 4.88 Å². The Morgan fingerprint density at radius 2 is 2.00 bits per heavy atom. The lowest BCUT2D eigenvalue weighted by Crippen LogP contribution is -2.15. The van der Waals surface area contributed by atoms with E-state index in [1.807, 2.05) is 41.1 Å². The van der Waals surface area contributed by atoms with Gasteiger partial charge in [-0.1, -0.05) is 12.1 Å². The monoisotopic (exact) mass is 286 g/mol. The summed E-state index contributed by atoms with van der Waals surface area (Å²) >= 11 is 3.20. The van der Waals surface area contributed by atoms with Crippen molar-refractivity contribution in [3.63, 3.8) is 0 Å². The maximum absolute atomic E-state index is 9.26. The van der Waals surface area contributed by atoms with Gasteiger partial charge in [0.1, 0.15) is 17.4 Å². The van der Waals surface area contributed by atoms with E-state index in [4.69, 9.17) is 10.5 Å². The minimum Gasteiger partial charge on any atom is -0.439 e. The first-order valence-corrected chi connectivity index (χ1v) is 7.42. The van der Waals surface area contributed by atoms with Crippen LogP contribution in [-0.4, -0.2) is 0 Å². The number of thiophene rings is 2. The van der Waals surface area contributed by atoms with E-state index in [0.29, 0.717) is 5.57 Å². The fourth-order valence-electron chi connectivity index (χ4n) is 1.96. The van der Waals surface area contributed by atoms with E-state index in [-0.39, 0.29) is 11.8 Å². The maximum atomic E-state index is 9.26. The van der Waals surface area contributed by atoms with Crippen molar-refractivity contribution >= 4 is 28.4 Å². The first-order valence-electron chi connectivity index (χ1n) is 5.66. The zero-order valence-electron chi connectivity index (χ0n) is 9.87. The topological polar surface area (TPSA) is 59.0 Å². The molecule has 94 valence electrons. The molecule has 1 aliphatic heterocycles. The molecule has 0 radical (unpaired) electrons. The van der Waals surface area contributed by atoms with E-state index in [2.05, 4.69) is 6.07 Å². The summed E-state index contributed by atoms with van der Waals surface area (Å²) in [6.07, 6.45) is 1.96. The highest BCUT2D eigenvalue weighted by atomic mass is 32.1. The molecule has 1 unspecified atom stereocenters. The van der Waals surface area contributed by atoms with Crippen molar-refractivity contribution in [1.82, 2.24) is 0 Å². The zero-order chi connectivity index (χ0) is 13.2. The van der Waals surface area contributed by atoms with Crippen LogP contribution in [0.3, 0.4) is 0 Å². The molecule has 0 amide bonds. The van der Waals surface area contributed by atoms with Gasteiger partial charge in [-0.05, 0) is 29.0 Å². The van der Waals surface area contributed by atoms with E-state index in [9.17, 15) is 5.26 Å². The molecule has 3 nitrogen and oxygen atoms in total. The minimum atomic E-state index is -0.115. The van der Waals surface area contributed by atoms with Crippen LogP contribution in [0.1, 0.15) is 15.7 Å². The number of rotatable bonds is 2. The molecule has 19 heavy (non-hydrogen) atoms. The van der Waals surface area contributed by atoms with Gasteiger partial charge < -0.3 is 10.5 Å².